The molecule has 1 aromatic carbocycles. The van der Waals surface area contributed by atoms with Crippen LogP contribution < -0.4 is 11.4 Å². The fourth-order valence-corrected chi connectivity index (χ4v) is 1.76. The van der Waals surface area contributed by atoms with Gasteiger partial charge in [0.1, 0.15) is 5.82 Å². The lowest BCUT2D eigenvalue weighted by Gasteiger charge is -2.08. The summed E-state index contributed by atoms with van der Waals surface area (Å²) in [5.41, 5.74) is 7.30. The van der Waals surface area contributed by atoms with Gasteiger partial charge in [0, 0.05) is 24.5 Å². The lowest BCUT2D eigenvalue weighted by molar-refractivity contribution is 0.608. The molecule has 2 rings (SSSR count). The monoisotopic (exact) mass is 247 g/mol. The van der Waals surface area contributed by atoms with E-state index in [-0.39, 0.29) is 18.1 Å². The summed E-state index contributed by atoms with van der Waals surface area (Å²) in [4.78, 5) is 15.3. The van der Waals surface area contributed by atoms with Crippen LogP contribution in [0.25, 0.3) is 0 Å². The molecule has 0 aliphatic rings. The molecule has 0 fully saturated rings. The van der Waals surface area contributed by atoms with Gasteiger partial charge in [0.25, 0.3) is 0 Å². The lowest BCUT2D eigenvalue weighted by Crippen LogP contribution is -2.23. The predicted octanol–water partition coefficient (Wildman–Crippen LogP) is 1.20. The molecule has 0 unspecified atom stereocenters. The fraction of sp³-hybridized carbons (Fsp3) is 0.231. The highest BCUT2D eigenvalue weighted by atomic mass is 19.1. The van der Waals surface area contributed by atoms with E-state index in [1.54, 1.807) is 18.3 Å². The van der Waals surface area contributed by atoms with Gasteiger partial charge >= 0.3 is 5.69 Å². The predicted molar refractivity (Wildman–Crippen MR) is 66.6 cm³/mol. The summed E-state index contributed by atoms with van der Waals surface area (Å²) in [5, 5.41) is 0. The van der Waals surface area contributed by atoms with Gasteiger partial charge in [-0.05, 0) is 30.2 Å². The van der Waals surface area contributed by atoms with Crippen LogP contribution in [0.15, 0.2) is 35.4 Å². The topological polar surface area (TPSA) is 60.9 Å². The van der Waals surface area contributed by atoms with Gasteiger partial charge in [-0.25, -0.2) is 14.2 Å². The van der Waals surface area contributed by atoms with Crippen LogP contribution in [0.4, 0.5) is 4.39 Å². The quantitative estimate of drug-likeness (QED) is 0.886. The number of hydrogen-bond acceptors (Lipinski definition) is 3. The third kappa shape index (κ3) is 2.62. The summed E-state index contributed by atoms with van der Waals surface area (Å²) in [5.74, 6) is -0.323. The number of benzene rings is 1. The van der Waals surface area contributed by atoms with Gasteiger partial charge in [-0.1, -0.05) is 6.07 Å². The first-order valence-corrected chi connectivity index (χ1v) is 5.60. The minimum atomic E-state index is -0.323. The van der Waals surface area contributed by atoms with Gasteiger partial charge in [0.2, 0.25) is 0 Å². The SMILES string of the molecule is Cc1cnc(=O)n(Cc2ccc(F)c(CN)c2)c1. The van der Waals surface area contributed by atoms with Crippen LogP contribution in [0.2, 0.25) is 0 Å². The third-order valence-electron chi connectivity index (χ3n) is 2.67. The van der Waals surface area contributed by atoms with Crippen LogP contribution in [0.3, 0.4) is 0 Å². The molecular weight excluding hydrogens is 233 g/mol. The van der Waals surface area contributed by atoms with Crippen molar-refractivity contribution in [3.05, 3.63) is 63.6 Å². The second kappa shape index (κ2) is 5.10. The largest absolute Gasteiger partial charge is 0.347 e. The molecule has 2 N–H and O–H groups in total. The van der Waals surface area contributed by atoms with Gasteiger partial charge < -0.3 is 5.73 Å². The highest BCUT2D eigenvalue weighted by molar-refractivity contribution is 5.25. The molecule has 1 heterocycles. The van der Waals surface area contributed by atoms with Crippen molar-refractivity contribution in [1.29, 1.82) is 0 Å². The van der Waals surface area contributed by atoms with Crippen molar-refractivity contribution in [2.45, 2.75) is 20.0 Å². The maximum atomic E-state index is 13.3. The molecule has 0 radical (unpaired) electrons. The third-order valence-corrected chi connectivity index (χ3v) is 2.67. The maximum Gasteiger partial charge on any atom is 0.347 e. The normalized spacial score (nSPS) is 10.6. The molecular formula is C13H14FN3O. The molecule has 0 saturated carbocycles. The van der Waals surface area contributed by atoms with Crippen molar-refractivity contribution in [1.82, 2.24) is 9.55 Å². The first kappa shape index (κ1) is 12.4. The van der Waals surface area contributed by atoms with E-state index in [4.69, 9.17) is 5.73 Å². The molecule has 0 amide bonds. The van der Waals surface area contributed by atoms with E-state index in [2.05, 4.69) is 4.98 Å². The molecule has 94 valence electrons. The van der Waals surface area contributed by atoms with Crippen LogP contribution in [-0.4, -0.2) is 9.55 Å². The van der Waals surface area contributed by atoms with Gasteiger partial charge in [-0.15, -0.1) is 0 Å². The molecule has 0 saturated heterocycles. The van der Waals surface area contributed by atoms with E-state index >= 15 is 0 Å². The minimum absolute atomic E-state index is 0.140. The highest BCUT2D eigenvalue weighted by Gasteiger charge is 2.04. The van der Waals surface area contributed by atoms with E-state index in [1.165, 1.54) is 16.8 Å². The standard InChI is InChI=1S/C13H14FN3O/c1-9-6-16-13(18)17(7-9)8-10-2-3-12(14)11(4-10)5-15/h2-4,6-7H,5,8,15H2,1H3. The zero-order valence-electron chi connectivity index (χ0n) is 10.1. The van der Waals surface area contributed by atoms with E-state index in [1.807, 2.05) is 6.92 Å². The van der Waals surface area contributed by atoms with E-state index in [0.717, 1.165) is 11.1 Å². The zero-order chi connectivity index (χ0) is 13.1. The van der Waals surface area contributed by atoms with Crippen molar-refractivity contribution in [3.8, 4) is 0 Å². The van der Waals surface area contributed by atoms with Gasteiger partial charge in [-0.3, -0.25) is 4.57 Å². The average Bonchev–Trinajstić information content (AvgIpc) is 2.36. The Morgan fingerprint density at radius 3 is 2.94 bits per heavy atom. The number of hydrogen-bond donors (Lipinski definition) is 1. The fourth-order valence-electron chi connectivity index (χ4n) is 1.76. The molecule has 0 spiro atoms. The number of rotatable bonds is 3. The number of aryl methyl sites for hydroxylation is 1. The van der Waals surface area contributed by atoms with Crippen molar-refractivity contribution in [3.63, 3.8) is 0 Å². The Labute approximate surface area is 104 Å². The number of halogens is 1. The zero-order valence-corrected chi connectivity index (χ0v) is 10.1. The number of aromatic nitrogens is 2. The Bertz CT molecular complexity index is 622. The van der Waals surface area contributed by atoms with Gasteiger partial charge in [0.05, 0.1) is 6.54 Å². The first-order valence-electron chi connectivity index (χ1n) is 5.60. The van der Waals surface area contributed by atoms with Crippen LogP contribution in [0.5, 0.6) is 0 Å². The molecule has 2 aromatic rings. The Balaban J connectivity index is 2.34. The highest BCUT2D eigenvalue weighted by Crippen LogP contribution is 2.10. The van der Waals surface area contributed by atoms with Crippen molar-refractivity contribution < 1.29 is 4.39 Å². The Kier molecular flexibility index (Phi) is 3.53. The summed E-state index contributed by atoms with van der Waals surface area (Å²) < 4.78 is 14.8. The summed E-state index contributed by atoms with van der Waals surface area (Å²) in [6.45, 7) is 2.36. The molecule has 0 atom stereocenters. The second-order valence-electron chi connectivity index (χ2n) is 4.17. The summed E-state index contributed by atoms with van der Waals surface area (Å²) in [7, 11) is 0. The molecule has 0 aliphatic heterocycles. The lowest BCUT2D eigenvalue weighted by atomic mass is 10.1. The molecule has 5 heteroatoms. The van der Waals surface area contributed by atoms with Gasteiger partial charge in [-0.2, -0.15) is 0 Å². The average molecular weight is 247 g/mol. The number of nitrogens with two attached hydrogens (primary N) is 1. The van der Waals surface area contributed by atoms with E-state index < -0.39 is 0 Å². The molecule has 0 aliphatic carbocycles. The minimum Gasteiger partial charge on any atom is -0.326 e. The van der Waals surface area contributed by atoms with Crippen molar-refractivity contribution in [2.24, 2.45) is 5.73 Å². The number of nitrogens with zero attached hydrogens (tertiary/aromatic N) is 2. The molecule has 0 bridgehead atoms. The van der Waals surface area contributed by atoms with E-state index in [0.29, 0.717) is 12.1 Å². The Morgan fingerprint density at radius 1 is 1.44 bits per heavy atom. The molecule has 1 aromatic heterocycles. The van der Waals surface area contributed by atoms with E-state index in [9.17, 15) is 9.18 Å². The smallest absolute Gasteiger partial charge is 0.326 e. The Hall–Kier alpha value is -2.01. The van der Waals surface area contributed by atoms with Crippen molar-refractivity contribution >= 4 is 0 Å². The van der Waals surface area contributed by atoms with Crippen LogP contribution in [0.1, 0.15) is 16.7 Å². The van der Waals surface area contributed by atoms with Crippen LogP contribution >= 0.6 is 0 Å². The maximum absolute atomic E-state index is 13.3. The summed E-state index contributed by atoms with van der Waals surface area (Å²) in [6, 6.07) is 4.68. The first-order chi connectivity index (χ1) is 8.60. The summed E-state index contributed by atoms with van der Waals surface area (Å²) in [6.07, 6.45) is 3.25. The van der Waals surface area contributed by atoms with Gasteiger partial charge in [0.15, 0.2) is 0 Å². The van der Waals surface area contributed by atoms with Crippen molar-refractivity contribution in [2.75, 3.05) is 0 Å². The summed E-state index contributed by atoms with van der Waals surface area (Å²) >= 11 is 0. The van der Waals surface area contributed by atoms with Crippen LogP contribution in [-0.2, 0) is 13.1 Å². The van der Waals surface area contributed by atoms with Crippen LogP contribution in [0, 0.1) is 12.7 Å². The molecule has 4 nitrogen and oxygen atoms in total. The Morgan fingerprint density at radius 2 is 2.22 bits per heavy atom. The second-order valence-corrected chi connectivity index (χ2v) is 4.17. The molecule has 18 heavy (non-hydrogen) atoms.